The first-order valence-corrected chi connectivity index (χ1v) is 12.3. The van der Waals surface area contributed by atoms with Gasteiger partial charge in [0.2, 0.25) is 0 Å². The van der Waals surface area contributed by atoms with Gasteiger partial charge in [0.1, 0.15) is 23.0 Å². The van der Waals surface area contributed by atoms with Gasteiger partial charge in [-0.1, -0.05) is 84.9 Å². The highest BCUT2D eigenvalue weighted by Gasteiger charge is 2.38. The van der Waals surface area contributed by atoms with Crippen LogP contribution in [0.4, 0.5) is 26.3 Å². The molecule has 0 radical (unpaired) electrons. The predicted molar refractivity (Wildman–Crippen MR) is 144 cm³/mol. The monoisotopic (exact) mass is 532 g/mol. The van der Waals surface area contributed by atoms with Crippen LogP contribution in [-0.2, 0) is 12.6 Å². The normalized spacial score (nSPS) is 11.6. The molecule has 0 aromatic heterocycles. The molecule has 5 aromatic rings. The molecule has 0 N–H and O–H groups in total. The van der Waals surface area contributed by atoms with Gasteiger partial charge in [0.05, 0.1) is 0 Å². The molecule has 0 unspecified atom stereocenters. The van der Waals surface area contributed by atoms with Gasteiger partial charge in [-0.2, -0.15) is 13.2 Å². The van der Waals surface area contributed by atoms with Gasteiger partial charge in [0.15, 0.2) is 0 Å². The van der Waals surface area contributed by atoms with Crippen molar-refractivity contribution in [2.75, 3.05) is 0 Å². The lowest BCUT2D eigenvalue weighted by molar-refractivity contribution is -0.142. The summed E-state index contributed by atoms with van der Waals surface area (Å²) in [7, 11) is 0. The van der Waals surface area contributed by atoms with Crippen molar-refractivity contribution in [3.8, 4) is 33.4 Å². The zero-order chi connectivity index (χ0) is 27.7. The SMILES string of the molecule is C=CCCc1ccc2c(F)c(-c3ccc(-c4ccccc4-c4cc(F)c(C(F)(F)F)c(F)c4)cc3)ccc2c1. The summed E-state index contributed by atoms with van der Waals surface area (Å²) >= 11 is 0. The van der Waals surface area contributed by atoms with E-state index in [0.717, 1.165) is 23.8 Å². The van der Waals surface area contributed by atoms with Crippen LogP contribution in [0.2, 0.25) is 0 Å². The number of rotatable bonds is 6. The standard InChI is InChI=1S/C33H22F6/c1-2-3-6-20-9-15-28-23(17-20)14-16-27(32(28)36)22-12-10-21(11-13-22)25-7-4-5-8-26(25)24-18-29(34)31(30(35)19-24)33(37,38)39/h2,4-5,7-19H,1,3,6H2. The van der Waals surface area contributed by atoms with Crippen LogP contribution in [0, 0.1) is 17.5 Å². The maximum Gasteiger partial charge on any atom is 0.422 e. The number of hydrogen-bond donors (Lipinski definition) is 0. The summed E-state index contributed by atoms with van der Waals surface area (Å²) in [6, 6.07) is 24.2. The Kier molecular flexibility index (Phi) is 7.04. The van der Waals surface area contributed by atoms with E-state index in [1.165, 1.54) is 0 Å². The number of alkyl halides is 3. The number of hydrogen-bond acceptors (Lipinski definition) is 0. The molecule has 0 bridgehead atoms. The third-order valence-corrected chi connectivity index (χ3v) is 6.73. The molecule has 196 valence electrons. The molecule has 0 spiro atoms. The van der Waals surface area contributed by atoms with Gasteiger partial charge < -0.3 is 0 Å². The van der Waals surface area contributed by atoms with Crippen LogP contribution >= 0.6 is 0 Å². The molecule has 39 heavy (non-hydrogen) atoms. The highest BCUT2D eigenvalue weighted by molar-refractivity contribution is 5.90. The van der Waals surface area contributed by atoms with E-state index in [0.29, 0.717) is 45.3 Å². The number of allylic oxidation sites excluding steroid dienone is 1. The van der Waals surface area contributed by atoms with Crippen molar-refractivity contribution in [2.24, 2.45) is 0 Å². The fourth-order valence-corrected chi connectivity index (χ4v) is 4.80. The van der Waals surface area contributed by atoms with Crippen LogP contribution in [0.25, 0.3) is 44.2 Å². The van der Waals surface area contributed by atoms with E-state index in [9.17, 15) is 22.0 Å². The zero-order valence-electron chi connectivity index (χ0n) is 20.6. The zero-order valence-corrected chi connectivity index (χ0v) is 20.6. The highest BCUT2D eigenvalue weighted by atomic mass is 19.4. The second-order valence-corrected chi connectivity index (χ2v) is 9.25. The second kappa shape index (κ2) is 10.4. The van der Waals surface area contributed by atoms with Gasteiger partial charge in [0.25, 0.3) is 0 Å². The average Bonchev–Trinajstić information content (AvgIpc) is 2.91. The topological polar surface area (TPSA) is 0 Å². The van der Waals surface area contributed by atoms with Crippen molar-refractivity contribution in [3.63, 3.8) is 0 Å². The van der Waals surface area contributed by atoms with Crippen molar-refractivity contribution in [1.29, 1.82) is 0 Å². The highest BCUT2D eigenvalue weighted by Crippen LogP contribution is 2.39. The molecular formula is C33H22F6. The molecule has 0 amide bonds. The minimum Gasteiger partial charge on any atom is -0.206 e. The molecule has 0 aliphatic heterocycles. The van der Waals surface area contributed by atoms with Gasteiger partial charge in [-0.05, 0) is 63.7 Å². The molecule has 0 saturated carbocycles. The molecule has 6 heteroatoms. The number of halogens is 6. The fraction of sp³-hybridized carbons (Fsp3) is 0.0909. The first-order valence-electron chi connectivity index (χ1n) is 12.3. The van der Waals surface area contributed by atoms with Crippen molar-refractivity contribution in [3.05, 3.63) is 132 Å². The molecule has 0 heterocycles. The first-order chi connectivity index (χ1) is 18.7. The van der Waals surface area contributed by atoms with Gasteiger partial charge in [-0.3, -0.25) is 0 Å². The van der Waals surface area contributed by atoms with Crippen LogP contribution in [0.15, 0.2) is 104 Å². The maximum atomic E-state index is 15.5. The van der Waals surface area contributed by atoms with E-state index in [4.69, 9.17) is 0 Å². The van der Waals surface area contributed by atoms with Gasteiger partial charge in [0, 0.05) is 10.9 Å². The van der Waals surface area contributed by atoms with Gasteiger partial charge >= 0.3 is 6.18 Å². The number of aryl methyl sites for hydroxylation is 1. The minimum atomic E-state index is -5.14. The lowest BCUT2D eigenvalue weighted by Crippen LogP contribution is -2.11. The molecule has 0 aliphatic rings. The Labute approximate surface area is 221 Å². The first kappa shape index (κ1) is 26.3. The lowest BCUT2D eigenvalue weighted by atomic mass is 9.92. The summed E-state index contributed by atoms with van der Waals surface area (Å²) in [5, 5.41) is 1.31. The van der Waals surface area contributed by atoms with Crippen molar-refractivity contribution in [1.82, 2.24) is 0 Å². The molecule has 5 rings (SSSR count). The summed E-state index contributed by atoms with van der Waals surface area (Å²) in [5.41, 5.74) is 1.80. The lowest BCUT2D eigenvalue weighted by Gasteiger charge is -2.14. The Hall–Kier alpha value is -4.32. The fourth-order valence-electron chi connectivity index (χ4n) is 4.80. The Morgan fingerprint density at radius 1 is 0.641 bits per heavy atom. The predicted octanol–water partition coefficient (Wildman–Crippen LogP) is 10.4. The van der Waals surface area contributed by atoms with Crippen LogP contribution < -0.4 is 0 Å². The minimum absolute atomic E-state index is 0.0225. The Bertz CT molecular complexity index is 1660. The van der Waals surface area contributed by atoms with Crippen LogP contribution in [0.5, 0.6) is 0 Å². The maximum absolute atomic E-state index is 15.5. The summed E-state index contributed by atoms with van der Waals surface area (Å²) in [4.78, 5) is 0. The summed E-state index contributed by atoms with van der Waals surface area (Å²) in [6.07, 6.45) is -1.63. The molecule has 0 fully saturated rings. The third-order valence-electron chi connectivity index (χ3n) is 6.73. The van der Waals surface area contributed by atoms with E-state index in [2.05, 4.69) is 6.58 Å². The van der Waals surface area contributed by atoms with Gasteiger partial charge in [-0.25, -0.2) is 13.2 Å². The number of benzene rings is 5. The Morgan fingerprint density at radius 3 is 1.82 bits per heavy atom. The van der Waals surface area contributed by atoms with E-state index < -0.39 is 23.4 Å². The van der Waals surface area contributed by atoms with E-state index in [1.807, 2.05) is 24.3 Å². The van der Waals surface area contributed by atoms with Crippen molar-refractivity contribution >= 4 is 10.8 Å². The van der Waals surface area contributed by atoms with E-state index >= 15 is 4.39 Å². The molecule has 0 saturated heterocycles. The molecule has 0 nitrogen and oxygen atoms in total. The van der Waals surface area contributed by atoms with Gasteiger partial charge in [-0.15, -0.1) is 6.58 Å². The third kappa shape index (κ3) is 5.19. The van der Waals surface area contributed by atoms with E-state index in [1.54, 1.807) is 60.7 Å². The second-order valence-electron chi connectivity index (χ2n) is 9.25. The van der Waals surface area contributed by atoms with E-state index in [-0.39, 0.29) is 11.4 Å². The van der Waals surface area contributed by atoms with Crippen LogP contribution in [0.1, 0.15) is 17.5 Å². The summed E-state index contributed by atoms with van der Waals surface area (Å²) in [5.74, 6) is -3.70. The molecular weight excluding hydrogens is 510 g/mol. The molecule has 5 aromatic carbocycles. The Morgan fingerprint density at radius 2 is 1.23 bits per heavy atom. The summed E-state index contributed by atoms with van der Waals surface area (Å²) in [6.45, 7) is 3.73. The largest absolute Gasteiger partial charge is 0.422 e. The number of fused-ring (bicyclic) bond motifs is 1. The average molecular weight is 533 g/mol. The molecule has 0 atom stereocenters. The van der Waals surface area contributed by atoms with Crippen molar-refractivity contribution < 1.29 is 26.3 Å². The molecule has 0 aliphatic carbocycles. The summed E-state index contributed by atoms with van der Waals surface area (Å²) < 4.78 is 83.2. The van der Waals surface area contributed by atoms with Crippen molar-refractivity contribution in [2.45, 2.75) is 19.0 Å². The quantitative estimate of drug-likeness (QED) is 0.151. The smallest absolute Gasteiger partial charge is 0.206 e. The Balaban J connectivity index is 1.50. The van der Waals surface area contributed by atoms with Crippen LogP contribution in [-0.4, -0.2) is 0 Å². The van der Waals surface area contributed by atoms with Crippen LogP contribution in [0.3, 0.4) is 0 Å².